The monoisotopic (exact) mass is 317 g/mol. The first kappa shape index (κ1) is 16.5. The lowest BCUT2D eigenvalue weighted by Gasteiger charge is -2.38. The summed E-state index contributed by atoms with van der Waals surface area (Å²) in [5.41, 5.74) is 0. The number of nitrogens with zero attached hydrogens (tertiary/aromatic N) is 5. The Balaban J connectivity index is 1.79. The third-order valence-electron chi connectivity index (χ3n) is 5.35. The third kappa shape index (κ3) is 3.77. The second-order valence-electron chi connectivity index (χ2n) is 6.80. The molecule has 0 aliphatic carbocycles. The smallest absolute Gasteiger partial charge is 0.134 e. The first-order chi connectivity index (χ1) is 11.2. The molecular formula is C18H31N5. The van der Waals surface area contributed by atoms with Gasteiger partial charge in [0, 0.05) is 44.8 Å². The molecule has 2 aliphatic rings. The SMILES string of the molecule is CCC1CCCCN1c1cc(N2CCN(CC)CC2)nc(C)n1. The molecule has 1 unspecified atom stereocenters. The highest BCUT2D eigenvalue weighted by Crippen LogP contribution is 2.27. The van der Waals surface area contributed by atoms with E-state index in [4.69, 9.17) is 9.97 Å². The summed E-state index contributed by atoms with van der Waals surface area (Å²) in [5, 5.41) is 0. The Kier molecular flexibility index (Phi) is 5.36. The second kappa shape index (κ2) is 7.47. The molecule has 0 aromatic carbocycles. The number of aromatic nitrogens is 2. The van der Waals surface area contributed by atoms with Crippen molar-refractivity contribution in [3.05, 3.63) is 11.9 Å². The quantitative estimate of drug-likeness (QED) is 0.853. The molecule has 128 valence electrons. The Hall–Kier alpha value is -1.36. The van der Waals surface area contributed by atoms with E-state index in [1.165, 1.54) is 25.7 Å². The van der Waals surface area contributed by atoms with E-state index in [1.54, 1.807) is 0 Å². The molecule has 0 saturated carbocycles. The molecule has 2 fully saturated rings. The Morgan fingerprint density at radius 2 is 1.74 bits per heavy atom. The van der Waals surface area contributed by atoms with E-state index >= 15 is 0 Å². The van der Waals surface area contributed by atoms with E-state index in [9.17, 15) is 0 Å². The molecule has 1 atom stereocenters. The van der Waals surface area contributed by atoms with Crippen LogP contribution >= 0.6 is 0 Å². The van der Waals surface area contributed by atoms with Crippen LogP contribution in [0.2, 0.25) is 0 Å². The topological polar surface area (TPSA) is 35.5 Å². The van der Waals surface area contributed by atoms with E-state index in [0.29, 0.717) is 6.04 Å². The number of hydrogen-bond donors (Lipinski definition) is 0. The van der Waals surface area contributed by atoms with Gasteiger partial charge in [0.1, 0.15) is 17.5 Å². The molecule has 1 aromatic rings. The number of aryl methyl sites for hydroxylation is 1. The largest absolute Gasteiger partial charge is 0.354 e. The normalized spacial score (nSPS) is 23.3. The van der Waals surface area contributed by atoms with Gasteiger partial charge in [0.05, 0.1) is 0 Å². The van der Waals surface area contributed by atoms with Crippen LogP contribution in [0.4, 0.5) is 11.6 Å². The van der Waals surface area contributed by atoms with Crippen LogP contribution in [-0.4, -0.2) is 60.2 Å². The number of rotatable bonds is 4. The number of piperazine rings is 1. The van der Waals surface area contributed by atoms with Gasteiger partial charge in [0.25, 0.3) is 0 Å². The molecule has 0 radical (unpaired) electrons. The van der Waals surface area contributed by atoms with Crippen LogP contribution in [0.15, 0.2) is 6.07 Å². The zero-order valence-electron chi connectivity index (χ0n) is 15.0. The minimum absolute atomic E-state index is 0.642. The third-order valence-corrected chi connectivity index (χ3v) is 5.35. The average molecular weight is 317 g/mol. The van der Waals surface area contributed by atoms with E-state index in [1.807, 2.05) is 6.92 Å². The Labute approximate surface area is 140 Å². The number of hydrogen-bond acceptors (Lipinski definition) is 5. The highest BCUT2D eigenvalue weighted by molar-refractivity contribution is 5.52. The molecule has 2 saturated heterocycles. The molecule has 2 aliphatic heterocycles. The van der Waals surface area contributed by atoms with E-state index in [2.05, 4.69) is 34.6 Å². The van der Waals surface area contributed by atoms with Gasteiger partial charge in [-0.1, -0.05) is 13.8 Å². The van der Waals surface area contributed by atoms with Gasteiger partial charge in [-0.2, -0.15) is 0 Å². The summed E-state index contributed by atoms with van der Waals surface area (Å²) in [6.45, 7) is 13.3. The molecule has 0 spiro atoms. The Morgan fingerprint density at radius 1 is 1.00 bits per heavy atom. The van der Waals surface area contributed by atoms with Gasteiger partial charge < -0.3 is 14.7 Å². The fraction of sp³-hybridized carbons (Fsp3) is 0.778. The van der Waals surface area contributed by atoms with Gasteiger partial charge in [0.15, 0.2) is 0 Å². The van der Waals surface area contributed by atoms with Crippen molar-refractivity contribution in [3.63, 3.8) is 0 Å². The fourth-order valence-electron chi connectivity index (χ4n) is 3.87. The van der Waals surface area contributed by atoms with Crippen molar-refractivity contribution in [3.8, 4) is 0 Å². The maximum Gasteiger partial charge on any atom is 0.134 e. The van der Waals surface area contributed by atoms with Crippen LogP contribution in [0.1, 0.15) is 45.4 Å². The van der Waals surface area contributed by atoms with Crippen molar-refractivity contribution in [2.24, 2.45) is 0 Å². The van der Waals surface area contributed by atoms with Crippen LogP contribution in [0.3, 0.4) is 0 Å². The lowest BCUT2D eigenvalue weighted by Crippen LogP contribution is -2.46. The van der Waals surface area contributed by atoms with Crippen LogP contribution in [0.5, 0.6) is 0 Å². The summed E-state index contributed by atoms with van der Waals surface area (Å²) < 4.78 is 0. The molecule has 0 N–H and O–H groups in total. The molecule has 3 heterocycles. The zero-order chi connectivity index (χ0) is 16.2. The number of piperidine rings is 1. The first-order valence-corrected chi connectivity index (χ1v) is 9.31. The van der Waals surface area contributed by atoms with Crippen molar-refractivity contribution in [1.82, 2.24) is 14.9 Å². The number of likely N-dealkylation sites (N-methyl/N-ethyl adjacent to an activating group) is 1. The molecule has 1 aromatic heterocycles. The van der Waals surface area contributed by atoms with Gasteiger partial charge in [0.2, 0.25) is 0 Å². The van der Waals surface area contributed by atoms with Crippen LogP contribution < -0.4 is 9.80 Å². The second-order valence-corrected chi connectivity index (χ2v) is 6.80. The Morgan fingerprint density at radius 3 is 2.43 bits per heavy atom. The Bertz CT molecular complexity index is 510. The molecule has 0 bridgehead atoms. The first-order valence-electron chi connectivity index (χ1n) is 9.31. The standard InChI is InChI=1S/C18H31N5/c1-4-16-8-6-7-9-23(16)18-14-17(19-15(3)20-18)22-12-10-21(5-2)11-13-22/h14,16H,4-13H2,1-3H3. The fourth-order valence-corrected chi connectivity index (χ4v) is 3.87. The summed E-state index contributed by atoms with van der Waals surface area (Å²) in [5.74, 6) is 3.15. The zero-order valence-corrected chi connectivity index (χ0v) is 15.0. The lowest BCUT2D eigenvalue weighted by atomic mass is 10.00. The van der Waals surface area contributed by atoms with Crippen LogP contribution in [0, 0.1) is 6.92 Å². The molecular weight excluding hydrogens is 286 g/mol. The lowest BCUT2D eigenvalue weighted by molar-refractivity contribution is 0.270. The van der Waals surface area contributed by atoms with Crippen molar-refractivity contribution < 1.29 is 0 Å². The van der Waals surface area contributed by atoms with Gasteiger partial charge >= 0.3 is 0 Å². The van der Waals surface area contributed by atoms with Crippen molar-refractivity contribution in [2.75, 3.05) is 49.1 Å². The van der Waals surface area contributed by atoms with E-state index in [0.717, 1.165) is 56.7 Å². The van der Waals surface area contributed by atoms with Gasteiger partial charge in [-0.25, -0.2) is 9.97 Å². The summed E-state index contributed by atoms with van der Waals surface area (Å²) in [4.78, 5) is 16.9. The predicted octanol–water partition coefficient (Wildman–Crippen LogP) is 2.70. The summed E-state index contributed by atoms with van der Waals surface area (Å²) >= 11 is 0. The molecule has 23 heavy (non-hydrogen) atoms. The van der Waals surface area contributed by atoms with Crippen LogP contribution in [-0.2, 0) is 0 Å². The minimum atomic E-state index is 0.642. The molecule has 5 nitrogen and oxygen atoms in total. The van der Waals surface area contributed by atoms with Gasteiger partial charge in [-0.3, -0.25) is 0 Å². The van der Waals surface area contributed by atoms with Crippen molar-refractivity contribution in [2.45, 2.75) is 52.5 Å². The predicted molar refractivity (Wildman–Crippen MR) is 96.4 cm³/mol. The van der Waals surface area contributed by atoms with Gasteiger partial charge in [-0.15, -0.1) is 0 Å². The van der Waals surface area contributed by atoms with E-state index < -0.39 is 0 Å². The summed E-state index contributed by atoms with van der Waals surface area (Å²) in [6, 6.07) is 2.87. The average Bonchev–Trinajstić information content (AvgIpc) is 2.61. The molecule has 3 rings (SSSR count). The minimum Gasteiger partial charge on any atom is -0.354 e. The maximum atomic E-state index is 4.76. The van der Waals surface area contributed by atoms with Crippen LogP contribution in [0.25, 0.3) is 0 Å². The number of anilines is 2. The van der Waals surface area contributed by atoms with Crippen molar-refractivity contribution in [1.29, 1.82) is 0 Å². The highest BCUT2D eigenvalue weighted by atomic mass is 15.3. The molecule has 0 amide bonds. The van der Waals surface area contributed by atoms with E-state index in [-0.39, 0.29) is 0 Å². The highest BCUT2D eigenvalue weighted by Gasteiger charge is 2.24. The van der Waals surface area contributed by atoms with Gasteiger partial charge in [-0.05, 0) is 39.2 Å². The maximum absolute atomic E-state index is 4.76. The van der Waals surface area contributed by atoms with Crippen molar-refractivity contribution >= 4 is 11.6 Å². The molecule has 5 heteroatoms. The summed E-state index contributed by atoms with van der Waals surface area (Å²) in [7, 11) is 0. The summed E-state index contributed by atoms with van der Waals surface area (Å²) in [6.07, 6.45) is 5.13.